The highest BCUT2D eigenvalue weighted by Crippen LogP contribution is 2.41. The normalized spacial score (nSPS) is 18.2. The third-order valence-corrected chi connectivity index (χ3v) is 6.96. The predicted octanol–water partition coefficient (Wildman–Crippen LogP) is 3.55. The van der Waals surface area contributed by atoms with Crippen LogP contribution in [0.2, 0.25) is 0 Å². The number of thiazole rings is 1. The van der Waals surface area contributed by atoms with Gasteiger partial charge in [-0.25, -0.2) is 9.97 Å². The Kier molecular flexibility index (Phi) is 5.24. The maximum absolute atomic E-state index is 12.5. The zero-order chi connectivity index (χ0) is 19.6. The van der Waals surface area contributed by atoms with Crippen molar-refractivity contribution in [3.8, 4) is 11.3 Å². The van der Waals surface area contributed by atoms with Gasteiger partial charge < -0.3 is 0 Å². The van der Waals surface area contributed by atoms with Crippen LogP contribution in [0.15, 0.2) is 47.1 Å². The molecule has 2 fully saturated rings. The Morgan fingerprint density at radius 3 is 2.62 bits per heavy atom. The van der Waals surface area contributed by atoms with Crippen LogP contribution in [-0.4, -0.2) is 37.5 Å². The molecule has 4 heterocycles. The van der Waals surface area contributed by atoms with Crippen molar-refractivity contribution in [1.29, 1.82) is 0 Å². The summed E-state index contributed by atoms with van der Waals surface area (Å²) in [6.45, 7) is 3.84. The Morgan fingerprint density at radius 2 is 1.90 bits per heavy atom. The van der Waals surface area contributed by atoms with Crippen molar-refractivity contribution < 1.29 is 0 Å². The summed E-state index contributed by atoms with van der Waals surface area (Å²) >= 11 is 1.83. The number of rotatable bonds is 6. The summed E-state index contributed by atoms with van der Waals surface area (Å²) in [5.74, 6) is 1.27. The Morgan fingerprint density at radius 1 is 1.10 bits per heavy atom. The molecule has 0 N–H and O–H groups in total. The maximum atomic E-state index is 12.5. The van der Waals surface area contributed by atoms with Gasteiger partial charge in [-0.15, -0.1) is 11.3 Å². The number of pyridine rings is 1. The number of aromatic nitrogens is 4. The predicted molar refractivity (Wildman–Crippen MR) is 114 cm³/mol. The summed E-state index contributed by atoms with van der Waals surface area (Å²) in [4.78, 5) is 28.4. The molecule has 0 amide bonds. The van der Waals surface area contributed by atoms with Gasteiger partial charge in [0, 0.05) is 48.4 Å². The van der Waals surface area contributed by atoms with E-state index in [-0.39, 0.29) is 5.56 Å². The Hall–Kier alpha value is -2.38. The molecule has 0 radical (unpaired) electrons. The van der Waals surface area contributed by atoms with E-state index in [1.54, 1.807) is 29.4 Å². The van der Waals surface area contributed by atoms with E-state index in [9.17, 15) is 4.79 Å². The lowest BCUT2D eigenvalue weighted by Gasteiger charge is -2.31. The molecule has 0 aromatic carbocycles. The van der Waals surface area contributed by atoms with Gasteiger partial charge in [0.25, 0.3) is 5.56 Å². The topological polar surface area (TPSA) is 63.9 Å². The Labute approximate surface area is 174 Å². The summed E-state index contributed by atoms with van der Waals surface area (Å²) < 4.78 is 1.76. The second-order valence-corrected chi connectivity index (χ2v) is 9.06. The average molecular weight is 408 g/mol. The Balaban J connectivity index is 1.16. The van der Waals surface area contributed by atoms with Gasteiger partial charge in [0.15, 0.2) is 0 Å². The number of likely N-dealkylation sites (tertiary alicyclic amines) is 1. The van der Waals surface area contributed by atoms with Gasteiger partial charge in [0.05, 0.1) is 22.7 Å². The zero-order valence-corrected chi connectivity index (χ0v) is 17.2. The van der Waals surface area contributed by atoms with Gasteiger partial charge in [-0.05, 0) is 56.8 Å². The quantitative estimate of drug-likeness (QED) is 0.625. The van der Waals surface area contributed by atoms with Crippen LogP contribution in [0.1, 0.15) is 42.3 Å². The third-order valence-electron chi connectivity index (χ3n) is 5.90. The van der Waals surface area contributed by atoms with Crippen LogP contribution in [0.4, 0.5) is 0 Å². The molecule has 3 aromatic rings. The molecule has 5 rings (SSSR count). The van der Waals surface area contributed by atoms with Crippen molar-refractivity contribution >= 4 is 11.3 Å². The average Bonchev–Trinajstić information content (AvgIpc) is 3.51. The smallest absolute Gasteiger partial charge is 0.253 e. The van der Waals surface area contributed by atoms with Gasteiger partial charge in [0.1, 0.15) is 0 Å². The molecule has 7 heteroatoms. The van der Waals surface area contributed by atoms with E-state index in [0.717, 1.165) is 50.5 Å². The molecule has 1 saturated heterocycles. The van der Waals surface area contributed by atoms with Gasteiger partial charge in [0.2, 0.25) is 0 Å². The first-order chi connectivity index (χ1) is 14.2. The summed E-state index contributed by atoms with van der Waals surface area (Å²) in [6.07, 6.45) is 9.98. The zero-order valence-electron chi connectivity index (χ0n) is 16.4. The first kappa shape index (κ1) is 18.6. The molecule has 1 aliphatic carbocycles. The number of hydrogen-bond donors (Lipinski definition) is 0. The van der Waals surface area contributed by atoms with Crippen LogP contribution < -0.4 is 5.56 Å². The highest BCUT2D eigenvalue weighted by Gasteiger charge is 2.27. The van der Waals surface area contributed by atoms with E-state index < -0.39 is 0 Å². The lowest BCUT2D eigenvalue weighted by Crippen LogP contribution is -2.36. The molecule has 6 nitrogen and oxygen atoms in total. The van der Waals surface area contributed by atoms with Gasteiger partial charge in [-0.2, -0.15) is 0 Å². The molecular weight excluding hydrogens is 382 g/mol. The largest absolute Gasteiger partial charge is 0.299 e. The standard InChI is InChI=1S/C22H25N5OS/c28-21-11-20(17-3-7-23-8-4-17)24-15-27(21)12-16-5-9-26(10-6-16)13-19-14-29-22(25-19)18-1-2-18/h3-4,7-8,11,14-16,18H,1-2,5-6,9-10,12-13H2. The minimum atomic E-state index is 0.0179. The van der Waals surface area contributed by atoms with Crippen molar-refractivity contribution in [2.45, 2.75) is 44.7 Å². The van der Waals surface area contributed by atoms with E-state index in [4.69, 9.17) is 4.98 Å². The minimum Gasteiger partial charge on any atom is -0.299 e. The SMILES string of the molecule is O=c1cc(-c2ccncc2)ncn1CC1CCN(Cc2csc(C3CC3)n2)CC1. The van der Waals surface area contributed by atoms with E-state index in [2.05, 4.69) is 20.2 Å². The van der Waals surface area contributed by atoms with Crippen molar-refractivity contribution in [3.05, 3.63) is 63.4 Å². The number of piperidine rings is 1. The molecule has 0 atom stereocenters. The number of hydrogen-bond acceptors (Lipinski definition) is 6. The molecule has 1 aliphatic heterocycles. The van der Waals surface area contributed by atoms with Crippen LogP contribution in [0, 0.1) is 5.92 Å². The maximum Gasteiger partial charge on any atom is 0.253 e. The number of nitrogens with zero attached hydrogens (tertiary/aromatic N) is 5. The molecule has 2 aliphatic rings. The van der Waals surface area contributed by atoms with E-state index >= 15 is 0 Å². The first-order valence-corrected chi connectivity index (χ1v) is 11.3. The van der Waals surface area contributed by atoms with Gasteiger partial charge in [-0.3, -0.25) is 19.2 Å². The van der Waals surface area contributed by atoms with Crippen molar-refractivity contribution in [3.63, 3.8) is 0 Å². The molecule has 150 valence electrons. The third kappa shape index (κ3) is 4.46. The fourth-order valence-electron chi connectivity index (χ4n) is 3.99. The summed E-state index contributed by atoms with van der Waals surface area (Å²) in [5, 5.41) is 3.56. The van der Waals surface area contributed by atoms with E-state index in [1.807, 2.05) is 23.5 Å². The fourth-order valence-corrected chi connectivity index (χ4v) is 4.97. The summed E-state index contributed by atoms with van der Waals surface area (Å²) in [5.41, 5.74) is 2.87. The lowest BCUT2D eigenvalue weighted by molar-refractivity contribution is 0.165. The molecule has 0 unspecified atom stereocenters. The monoisotopic (exact) mass is 407 g/mol. The molecule has 0 bridgehead atoms. The molecular formula is C22H25N5OS. The molecule has 29 heavy (non-hydrogen) atoms. The first-order valence-electron chi connectivity index (χ1n) is 10.4. The van der Waals surface area contributed by atoms with Crippen molar-refractivity contribution in [2.24, 2.45) is 5.92 Å². The second-order valence-electron chi connectivity index (χ2n) is 8.17. The van der Waals surface area contributed by atoms with Crippen LogP contribution in [0.5, 0.6) is 0 Å². The summed E-state index contributed by atoms with van der Waals surface area (Å²) in [7, 11) is 0. The van der Waals surface area contributed by atoms with Crippen molar-refractivity contribution in [1.82, 2.24) is 24.4 Å². The molecule has 3 aromatic heterocycles. The van der Waals surface area contributed by atoms with Gasteiger partial charge >= 0.3 is 0 Å². The molecule has 0 spiro atoms. The van der Waals surface area contributed by atoms with E-state index in [0.29, 0.717) is 11.6 Å². The second kappa shape index (κ2) is 8.16. The Bertz CT molecular complexity index is 1020. The van der Waals surface area contributed by atoms with Crippen LogP contribution in [-0.2, 0) is 13.1 Å². The van der Waals surface area contributed by atoms with Gasteiger partial charge in [-0.1, -0.05) is 0 Å². The summed E-state index contributed by atoms with van der Waals surface area (Å²) in [6, 6.07) is 5.37. The van der Waals surface area contributed by atoms with Crippen LogP contribution in [0.3, 0.4) is 0 Å². The van der Waals surface area contributed by atoms with E-state index in [1.165, 1.54) is 23.5 Å². The minimum absolute atomic E-state index is 0.0179. The highest BCUT2D eigenvalue weighted by atomic mass is 32.1. The fraction of sp³-hybridized carbons (Fsp3) is 0.455. The van der Waals surface area contributed by atoms with Crippen LogP contribution in [0.25, 0.3) is 11.3 Å². The van der Waals surface area contributed by atoms with Crippen LogP contribution >= 0.6 is 11.3 Å². The lowest BCUT2D eigenvalue weighted by atomic mass is 9.96. The van der Waals surface area contributed by atoms with Crippen molar-refractivity contribution in [2.75, 3.05) is 13.1 Å². The highest BCUT2D eigenvalue weighted by molar-refractivity contribution is 7.09. The molecule has 1 saturated carbocycles.